The quantitative estimate of drug-likeness (QED) is 0.342. The summed E-state index contributed by atoms with van der Waals surface area (Å²) in [6.45, 7) is 1.90. The number of carbonyl (C=O) groups is 1. The molecule has 7 nitrogen and oxygen atoms in total. The second kappa shape index (κ2) is 6.55. The molecule has 1 amide bonds. The SMILES string of the molecule is CCCC(Oc1cccc([N+](=O)[O-])c1)C(=O)NN. The lowest BCUT2D eigenvalue weighted by Crippen LogP contribution is -2.42. The molecule has 1 atom stereocenters. The van der Waals surface area contributed by atoms with Gasteiger partial charge >= 0.3 is 0 Å². The van der Waals surface area contributed by atoms with Crippen LogP contribution in [0.5, 0.6) is 5.75 Å². The maximum atomic E-state index is 11.4. The largest absolute Gasteiger partial charge is 0.480 e. The lowest BCUT2D eigenvalue weighted by molar-refractivity contribution is -0.384. The van der Waals surface area contributed by atoms with Crippen LogP contribution in [0.4, 0.5) is 5.69 Å². The van der Waals surface area contributed by atoms with Crippen LogP contribution in [-0.4, -0.2) is 16.9 Å². The smallest absolute Gasteiger partial charge is 0.274 e. The second-order valence-electron chi connectivity index (χ2n) is 3.66. The molecule has 3 N–H and O–H groups in total. The van der Waals surface area contributed by atoms with Gasteiger partial charge in [0.15, 0.2) is 6.10 Å². The van der Waals surface area contributed by atoms with Crippen LogP contribution in [0.1, 0.15) is 19.8 Å². The topological polar surface area (TPSA) is 107 Å². The summed E-state index contributed by atoms with van der Waals surface area (Å²) in [5.74, 6) is 4.86. The highest BCUT2D eigenvalue weighted by molar-refractivity contribution is 5.80. The molecule has 0 bridgehead atoms. The molecule has 98 valence electrons. The Morgan fingerprint density at radius 1 is 1.61 bits per heavy atom. The van der Waals surface area contributed by atoms with E-state index in [0.29, 0.717) is 6.42 Å². The summed E-state index contributed by atoms with van der Waals surface area (Å²) in [5.41, 5.74) is 1.92. The Kier molecular flexibility index (Phi) is 5.06. The van der Waals surface area contributed by atoms with Crippen LogP contribution >= 0.6 is 0 Å². The molecule has 0 heterocycles. The molecular weight excluding hydrogens is 238 g/mol. The van der Waals surface area contributed by atoms with E-state index in [4.69, 9.17) is 10.6 Å². The van der Waals surface area contributed by atoms with E-state index >= 15 is 0 Å². The van der Waals surface area contributed by atoms with Crippen LogP contribution in [0.3, 0.4) is 0 Å². The molecule has 18 heavy (non-hydrogen) atoms. The molecule has 1 aromatic carbocycles. The number of carbonyl (C=O) groups excluding carboxylic acids is 1. The van der Waals surface area contributed by atoms with E-state index in [1.807, 2.05) is 12.3 Å². The molecule has 0 aromatic heterocycles. The molecular formula is C11H15N3O4. The van der Waals surface area contributed by atoms with Gasteiger partial charge in [0.2, 0.25) is 0 Å². The third-order valence-electron chi connectivity index (χ3n) is 2.29. The fourth-order valence-electron chi connectivity index (χ4n) is 1.43. The molecule has 1 aromatic rings. The van der Waals surface area contributed by atoms with E-state index < -0.39 is 16.9 Å². The highest BCUT2D eigenvalue weighted by Crippen LogP contribution is 2.21. The normalized spacial score (nSPS) is 11.7. The number of nitro groups is 1. The van der Waals surface area contributed by atoms with Crippen molar-refractivity contribution in [2.45, 2.75) is 25.9 Å². The number of hydrogen-bond donors (Lipinski definition) is 2. The van der Waals surface area contributed by atoms with Crippen LogP contribution in [-0.2, 0) is 4.79 Å². The highest BCUT2D eigenvalue weighted by atomic mass is 16.6. The molecule has 0 aliphatic carbocycles. The number of benzene rings is 1. The number of hydrazine groups is 1. The summed E-state index contributed by atoms with van der Waals surface area (Å²) in [4.78, 5) is 21.5. The summed E-state index contributed by atoms with van der Waals surface area (Å²) in [7, 11) is 0. The lowest BCUT2D eigenvalue weighted by atomic mass is 10.2. The van der Waals surface area contributed by atoms with Gasteiger partial charge < -0.3 is 4.74 Å². The predicted octanol–water partition coefficient (Wildman–Crippen LogP) is 1.13. The van der Waals surface area contributed by atoms with Crippen molar-refractivity contribution in [1.82, 2.24) is 5.43 Å². The molecule has 0 spiro atoms. The van der Waals surface area contributed by atoms with Gasteiger partial charge in [0.1, 0.15) is 5.75 Å². The fraction of sp³-hybridized carbons (Fsp3) is 0.364. The number of nitrogens with one attached hydrogen (secondary N) is 1. The van der Waals surface area contributed by atoms with E-state index in [1.165, 1.54) is 18.2 Å². The minimum Gasteiger partial charge on any atom is -0.480 e. The Morgan fingerprint density at radius 2 is 2.33 bits per heavy atom. The Labute approximate surface area is 104 Å². The van der Waals surface area contributed by atoms with Crippen molar-refractivity contribution in [2.24, 2.45) is 5.84 Å². The van der Waals surface area contributed by atoms with Crippen molar-refractivity contribution < 1.29 is 14.5 Å². The van der Waals surface area contributed by atoms with E-state index in [1.54, 1.807) is 6.07 Å². The summed E-state index contributed by atoms with van der Waals surface area (Å²) in [6.07, 6.45) is 0.459. The Bertz CT molecular complexity index is 436. The van der Waals surface area contributed by atoms with Crippen LogP contribution in [0.2, 0.25) is 0 Å². The van der Waals surface area contributed by atoms with Crippen molar-refractivity contribution in [2.75, 3.05) is 0 Å². The molecule has 0 aliphatic rings. The number of ether oxygens (including phenoxy) is 1. The summed E-state index contributed by atoms with van der Waals surface area (Å²) < 4.78 is 5.40. The molecule has 7 heteroatoms. The lowest BCUT2D eigenvalue weighted by Gasteiger charge is -2.16. The van der Waals surface area contributed by atoms with E-state index in [9.17, 15) is 14.9 Å². The van der Waals surface area contributed by atoms with Crippen molar-refractivity contribution in [3.63, 3.8) is 0 Å². The summed E-state index contributed by atoms with van der Waals surface area (Å²) in [5, 5.41) is 10.6. The van der Waals surface area contributed by atoms with Gasteiger partial charge in [-0.2, -0.15) is 0 Å². The molecule has 0 aliphatic heterocycles. The van der Waals surface area contributed by atoms with Crippen LogP contribution < -0.4 is 16.0 Å². The van der Waals surface area contributed by atoms with Gasteiger partial charge in [0, 0.05) is 6.07 Å². The van der Waals surface area contributed by atoms with Gasteiger partial charge in [-0.1, -0.05) is 19.4 Å². The van der Waals surface area contributed by atoms with Crippen LogP contribution in [0.15, 0.2) is 24.3 Å². The first-order chi connectivity index (χ1) is 8.58. The molecule has 1 rings (SSSR count). The third kappa shape index (κ3) is 3.70. The molecule has 1 unspecified atom stereocenters. The number of nitrogens with zero attached hydrogens (tertiary/aromatic N) is 1. The van der Waals surface area contributed by atoms with E-state index in [0.717, 1.165) is 6.42 Å². The van der Waals surface area contributed by atoms with Gasteiger partial charge in [-0.05, 0) is 12.5 Å². The Morgan fingerprint density at radius 3 is 2.89 bits per heavy atom. The first kappa shape index (κ1) is 13.9. The number of amides is 1. The number of hydrogen-bond acceptors (Lipinski definition) is 5. The van der Waals surface area contributed by atoms with E-state index in [2.05, 4.69) is 0 Å². The monoisotopic (exact) mass is 253 g/mol. The number of nitrogens with two attached hydrogens (primary N) is 1. The zero-order valence-corrected chi connectivity index (χ0v) is 9.96. The number of rotatable bonds is 6. The average Bonchev–Trinajstić information content (AvgIpc) is 2.37. The molecule has 0 saturated carbocycles. The third-order valence-corrected chi connectivity index (χ3v) is 2.29. The highest BCUT2D eigenvalue weighted by Gasteiger charge is 2.19. The van der Waals surface area contributed by atoms with Crippen molar-refractivity contribution in [1.29, 1.82) is 0 Å². The zero-order chi connectivity index (χ0) is 13.5. The number of nitro benzene ring substituents is 1. The van der Waals surface area contributed by atoms with Gasteiger partial charge in [0.25, 0.3) is 11.6 Å². The van der Waals surface area contributed by atoms with Crippen LogP contribution in [0.25, 0.3) is 0 Å². The average molecular weight is 253 g/mol. The predicted molar refractivity (Wildman–Crippen MR) is 64.8 cm³/mol. The first-order valence-electron chi connectivity index (χ1n) is 5.50. The zero-order valence-electron chi connectivity index (χ0n) is 9.96. The van der Waals surface area contributed by atoms with Crippen molar-refractivity contribution >= 4 is 11.6 Å². The molecule has 0 radical (unpaired) electrons. The summed E-state index contributed by atoms with van der Waals surface area (Å²) >= 11 is 0. The minimum atomic E-state index is -0.748. The van der Waals surface area contributed by atoms with Crippen LogP contribution in [0, 0.1) is 10.1 Å². The van der Waals surface area contributed by atoms with E-state index in [-0.39, 0.29) is 11.4 Å². The van der Waals surface area contributed by atoms with Crippen molar-refractivity contribution in [3.05, 3.63) is 34.4 Å². The Hall–Kier alpha value is -2.15. The minimum absolute atomic E-state index is 0.0871. The first-order valence-corrected chi connectivity index (χ1v) is 5.50. The summed E-state index contributed by atoms with van der Waals surface area (Å²) in [6, 6.07) is 5.67. The van der Waals surface area contributed by atoms with Gasteiger partial charge in [-0.25, -0.2) is 5.84 Å². The molecule has 0 fully saturated rings. The maximum Gasteiger partial charge on any atom is 0.274 e. The Balaban J connectivity index is 2.83. The van der Waals surface area contributed by atoms with Gasteiger partial charge in [0.05, 0.1) is 11.0 Å². The standard InChI is InChI=1S/C11H15N3O4/c1-2-4-10(11(15)13-12)18-9-6-3-5-8(7-9)14(16)17/h3,5-7,10H,2,4,12H2,1H3,(H,13,15). The second-order valence-corrected chi connectivity index (χ2v) is 3.66. The fourth-order valence-corrected chi connectivity index (χ4v) is 1.43. The maximum absolute atomic E-state index is 11.4. The van der Waals surface area contributed by atoms with Crippen molar-refractivity contribution in [3.8, 4) is 5.75 Å². The van der Waals surface area contributed by atoms with Gasteiger partial charge in [-0.15, -0.1) is 0 Å². The van der Waals surface area contributed by atoms with Gasteiger partial charge in [-0.3, -0.25) is 20.3 Å². The molecule has 0 saturated heterocycles. The number of non-ortho nitro benzene ring substituents is 1.